The lowest BCUT2D eigenvalue weighted by Gasteiger charge is -2.12. The molecule has 5 heteroatoms. The molecule has 0 aromatic heterocycles. The summed E-state index contributed by atoms with van der Waals surface area (Å²) < 4.78 is 10.6. The van der Waals surface area contributed by atoms with Gasteiger partial charge in [0, 0.05) is 18.2 Å². The lowest BCUT2D eigenvalue weighted by molar-refractivity contribution is -0.122. The zero-order chi connectivity index (χ0) is 14.1. The van der Waals surface area contributed by atoms with Crippen LogP contribution < -0.4 is 20.1 Å². The monoisotopic (exact) mass is 262 g/mol. The summed E-state index contributed by atoms with van der Waals surface area (Å²) in [5, 5.41) is 5.57. The molecule has 0 aliphatic carbocycles. The number of benzene rings is 1. The molecule has 102 valence electrons. The molecule has 1 aromatic rings. The van der Waals surface area contributed by atoms with Crippen molar-refractivity contribution in [1.29, 1.82) is 0 Å². The van der Waals surface area contributed by atoms with Crippen molar-refractivity contribution in [3.63, 3.8) is 0 Å². The van der Waals surface area contributed by atoms with E-state index in [1.807, 2.05) is 19.2 Å². The second kappa shape index (κ2) is 8.01. The normalized spacial score (nSPS) is 9.53. The second-order valence-corrected chi connectivity index (χ2v) is 3.77. The average Bonchev–Trinajstić information content (AvgIpc) is 2.44. The van der Waals surface area contributed by atoms with E-state index in [1.54, 1.807) is 13.2 Å². The second-order valence-electron chi connectivity index (χ2n) is 3.77. The molecule has 19 heavy (non-hydrogen) atoms. The van der Waals surface area contributed by atoms with E-state index in [4.69, 9.17) is 15.9 Å². The van der Waals surface area contributed by atoms with Crippen molar-refractivity contribution in [3.8, 4) is 23.8 Å². The van der Waals surface area contributed by atoms with Crippen LogP contribution in [0, 0.1) is 12.3 Å². The Morgan fingerprint density at radius 3 is 2.89 bits per heavy atom. The Labute approximate surface area is 113 Å². The molecule has 0 aliphatic heterocycles. The SMILES string of the molecule is C#CCNC(=O)COc1cc(OC)ccc1CNC. The van der Waals surface area contributed by atoms with Crippen LogP contribution in [0.2, 0.25) is 0 Å². The van der Waals surface area contributed by atoms with Gasteiger partial charge in [-0.05, 0) is 13.1 Å². The molecular formula is C14H18N2O3. The van der Waals surface area contributed by atoms with Crippen molar-refractivity contribution in [2.24, 2.45) is 0 Å². The molecule has 1 aromatic carbocycles. The molecule has 0 bridgehead atoms. The van der Waals surface area contributed by atoms with Crippen molar-refractivity contribution in [1.82, 2.24) is 10.6 Å². The van der Waals surface area contributed by atoms with Gasteiger partial charge in [-0.1, -0.05) is 12.0 Å². The highest BCUT2D eigenvalue weighted by molar-refractivity contribution is 5.77. The molecule has 0 saturated heterocycles. The largest absolute Gasteiger partial charge is 0.497 e. The van der Waals surface area contributed by atoms with Crippen molar-refractivity contribution >= 4 is 5.91 Å². The van der Waals surface area contributed by atoms with Gasteiger partial charge in [-0.2, -0.15) is 0 Å². The molecule has 1 amide bonds. The van der Waals surface area contributed by atoms with E-state index in [2.05, 4.69) is 16.6 Å². The first-order valence-electron chi connectivity index (χ1n) is 5.85. The Hall–Kier alpha value is -2.19. The average molecular weight is 262 g/mol. The lowest BCUT2D eigenvalue weighted by atomic mass is 10.2. The Kier molecular flexibility index (Phi) is 6.27. The van der Waals surface area contributed by atoms with E-state index in [0.717, 1.165) is 5.56 Å². The van der Waals surface area contributed by atoms with Gasteiger partial charge in [-0.15, -0.1) is 6.42 Å². The maximum Gasteiger partial charge on any atom is 0.258 e. The number of terminal acetylenes is 1. The van der Waals surface area contributed by atoms with Gasteiger partial charge < -0.3 is 20.1 Å². The van der Waals surface area contributed by atoms with Crippen molar-refractivity contribution < 1.29 is 14.3 Å². The maximum absolute atomic E-state index is 11.4. The molecule has 2 N–H and O–H groups in total. The van der Waals surface area contributed by atoms with Crippen LogP contribution in [0.1, 0.15) is 5.56 Å². The van der Waals surface area contributed by atoms with Gasteiger partial charge in [-0.25, -0.2) is 0 Å². The minimum Gasteiger partial charge on any atom is -0.497 e. The van der Waals surface area contributed by atoms with E-state index in [9.17, 15) is 4.79 Å². The van der Waals surface area contributed by atoms with Gasteiger partial charge in [0.1, 0.15) is 11.5 Å². The first kappa shape index (κ1) is 14.9. The first-order chi connectivity index (χ1) is 9.21. The summed E-state index contributed by atoms with van der Waals surface area (Å²) in [5.41, 5.74) is 0.952. The van der Waals surface area contributed by atoms with Crippen LogP contribution in [0.4, 0.5) is 0 Å². The van der Waals surface area contributed by atoms with Gasteiger partial charge >= 0.3 is 0 Å². The topological polar surface area (TPSA) is 59.6 Å². The summed E-state index contributed by atoms with van der Waals surface area (Å²) in [6.07, 6.45) is 5.06. The van der Waals surface area contributed by atoms with Crippen LogP contribution in [0.5, 0.6) is 11.5 Å². The Bertz CT molecular complexity index is 466. The third-order valence-electron chi connectivity index (χ3n) is 2.39. The van der Waals surface area contributed by atoms with Crippen LogP contribution in [0.25, 0.3) is 0 Å². The van der Waals surface area contributed by atoms with E-state index in [-0.39, 0.29) is 19.1 Å². The summed E-state index contributed by atoms with van der Waals surface area (Å²) in [5.74, 6) is 3.37. The molecular weight excluding hydrogens is 244 g/mol. The predicted octanol–water partition coefficient (Wildman–Crippen LogP) is 0.543. The highest BCUT2D eigenvalue weighted by Gasteiger charge is 2.07. The summed E-state index contributed by atoms with van der Waals surface area (Å²) in [6.45, 7) is 0.764. The molecule has 0 radical (unpaired) electrons. The fourth-order valence-corrected chi connectivity index (χ4v) is 1.48. The summed E-state index contributed by atoms with van der Waals surface area (Å²) in [7, 11) is 3.42. The Morgan fingerprint density at radius 1 is 1.47 bits per heavy atom. The van der Waals surface area contributed by atoms with Crippen LogP contribution >= 0.6 is 0 Å². The molecule has 5 nitrogen and oxygen atoms in total. The van der Waals surface area contributed by atoms with Gasteiger partial charge in [-0.3, -0.25) is 4.79 Å². The predicted molar refractivity (Wildman–Crippen MR) is 73.1 cm³/mol. The highest BCUT2D eigenvalue weighted by Crippen LogP contribution is 2.24. The molecule has 0 heterocycles. The summed E-state index contributed by atoms with van der Waals surface area (Å²) >= 11 is 0. The van der Waals surface area contributed by atoms with Crippen LogP contribution in [0.3, 0.4) is 0 Å². The van der Waals surface area contributed by atoms with Crippen molar-refractivity contribution in [2.45, 2.75) is 6.54 Å². The number of rotatable bonds is 7. The number of carbonyl (C=O) groups excluding carboxylic acids is 1. The zero-order valence-corrected chi connectivity index (χ0v) is 11.2. The van der Waals surface area contributed by atoms with E-state index in [1.165, 1.54) is 0 Å². The quantitative estimate of drug-likeness (QED) is 0.704. The van der Waals surface area contributed by atoms with E-state index < -0.39 is 0 Å². The Balaban J connectivity index is 2.69. The van der Waals surface area contributed by atoms with Crippen molar-refractivity contribution in [2.75, 3.05) is 27.3 Å². The Morgan fingerprint density at radius 2 is 2.26 bits per heavy atom. The molecule has 0 unspecified atom stereocenters. The number of nitrogens with one attached hydrogen (secondary N) is 2. The molecule has 0 atom stereocenters. The summed E-state index contributed by atoms with van der Waals surface area (Å²) in [4.78, 5) is 11.4. The lowest BCUT2D eigenvalue weighted by Crippen LogP contribution is -2.29. The number of amides is 1. The highest BCUT2D eigenvalue weighted by atomic mass is 16.5. The number of ether oxygens (including phenoxy) is 2. The molecule has 0 fully saturated rings. The third-order valence-corrected chi connectivity index (χ3v) is 2.39. The van der Waals surface area contributed by atoms with Gasteiger partial charge in [0.2, 0.25) is 0 Å². The molecule has 0 spiro atoms. The fraction of sp³-hybridized carbons (Fsp3) is 0.357. The third kappa shape index (κ3) is 4.90. The number of carbonyl (C=O) groups is 1. The van der Waals surface area contributed by atoms with Crippen molar-refractivity contribution in [3.05, 3.63) is 23.8 Å². The fourth-order valence-electron chi connectivity index (χ4n) is 1.48. The van der Waals surface area contributed by atoms with Gasteiger partial charge in [0.25, 0.3) is 5.91 Å². The van der Waals surface area contributed by atoms with E-state index >= 15 is 0 Å². The first-order valence-corrected chi connectivity index (χ1v) is 5.85. The van der Waals surface area contributed by atoms with Crippen LogP contribution in [-0.4, -0.2) is 33.2 Å². The number of hydrogen-bond acceptors (Lipinski definition) is 4. The van der Waals surface area contributed by atoms with Crippen LogP contribution in [-0.2, 0) is 11.3 Å². The molecule has 0 aliphatic rings. The summed E-state index contributed by atoms with van der Waals surface area (Å²) in [6, 6.07) is 5.49. The smallest absolute Gasteiger partial charge is 0.258 e. The maximum atomic E-state index is 11.4. The minimum atomic E-state index is -0.254. The van der Waals surface area contributed by atoms with Gasteiger partial charge in [0.15, 0.2) is 6.61 Å². The minimum absolute atomic E-state index is 0.0778. The standard InChI is InChI=1S/C14H18N2O3/c1-4-7-16-14(17)10-19-13-8-12(18-3)6-5-11(13)9-15-2/h1,5-6,8,15H,7,9-10H2,2-3H3,(H,16,17). The zero-order valence-electron chi connectivity index (χ0n) is 11.2. The number of hydrogen-bond donors (Lipinski definition) is 2. The number of methoxy groups -OCH3 is 1. The van der Waals surface area contributed by atoms with E-state index in [0.29, 0.717) is 18.0 Å². The van der Waals surface area contributed by atoms with Gasteiger partial charge in [0.05, 0.1) is 13.7 Å². The molecule has 0 saturated carbocycles. The van der Waals surface area contributed by atoms with Crippen LogP contribution in [0.15, 0.2) is 18.2 Å². The molecule has 1 rings (SSSR count).